The number of rotatable bonds is 7. The van der Waals surface area contributed by atoms with Crippen molar-refractivity contribution < 1.29 is 22.7 Å². The van der Waals surface area contributed by atoms with Crippen molar-refractivity contribution in [2.45, 2.75) is 43.8 Å². The molecule has 21 heavy (non-hydrogen) atoms. The Balaban J connectivity index is 2.97. The molecule has 0 saturated heterocycles. The summed E-state index contributed by atoms with van der Waals surface area (Å²) in [4.78, 5) is 23.2. The van der Waals surface area contributed by atoms with Gasteiger partial charge < -0.3 is 4.74 Å². The molecule has 0 heterocycles. The summed E-state index contributed by atoms with van der Waals surface area (Å²) in [5.41, 5.74) is 0.456. The van der Waals surface area contributed by atoms with Gasteiger partial charge in [0, 0.05) is 12.0 Å². The van der Waals surface area contributed by atoms with Crippen LogP contribution >= 0.6 is 0 Å². The lowest BCUT2D eigenvalue weighted by atomic mass is 10.1. The van der Waals surface area contributed by atoms with Crippen molar-refractivity contribution in [2.75, 3.05) is 6.61 Å². The molecule has 0 N–H and O–H groups in total. The molecule has 1 rings (SSSR count). The van der Waals surface area contributed by atoms with Crippen LogP contribution in [0.4, 0.5) is 0 Å². The van der Waals surface area contributed by atoms with Gasteiger partial charge in [-0.3, -0.25) is 9.59 Å². The lowest BCUT2D eigenvalue weighted by Gasteiger charge is -2.12. The molecule has 0 amide bonds. The normalized spacial score (nSPS) is 12.7. The summed E-state index contributed by atoms with van der Waals surface area (Å²) in [7, 11) is -3.80. The summed E-state index contributed by atoms with van der Waals surface area (Å²) in [5.74, 6) is -0.820. The van der Waals surface area contributed by atoms with Gasteiger partial charge >= 0.3 is 5.97 Å². The summed E-state index contributed by atoms with van der Waals surface area (Å²) < 4.78 is 29.5. The van der Waals surface area contributed by atoms with Gasteiger partial charge in [0.25, 0.3) is 0 Å². The predicted octanol–water partition coefficient (Wildman–Crippen LogP) is 2.39. The number of hydrogen-bond donors (Lipinski definition) is 0. The molecule has 5 nitrogen and oxygen atoms in total. The number of ketones is 1. The van der Waals surface area contributed by atoms with Crippen molar-refractivity contribution in [1.29, 1.82) is 0 Å². The Labute approximate surface area is 125 Å². The van der Waals surface area contributed by atoms with Crippen LogP contribution in [0.3, 0.4) is 0 Å². The van der Waals surface area contributed by atoms with Crippen LogP contribution in [0, 0.1) is 0 Å². The van der Waals surface area contributed by atoms with E-state index in [1.807, 2.05) is 6.92 Å². The van der Waals surface area contributed by atoms with Gasteiger partial charge in [-0.15, -0.1) is 0 Å². The number of Topliss-reactive ketones (excluding diaryl/α,β-unsaturated/α-hetero) is 1. The zero-order valence-corrected chi connectivity index (χ0v) is 13.3. The van der Waals surface area contributed by atoms with Gasteiger partial charge in [0.05, 0.1) is 11.5 Å². The molecule has 0 aliphatic carbocycles. The maximum absolute atomic E-state index is 12.3. The fourth-order valence-electron chi connectivity index (χ4n) is 1.69. The van der Waals surface area contributed by atoms with Crippen LogP contribution < -0.4 is 0 Å². The molecule has 0 saturated carbocycles. The summed E-state index contributed by atoms with van der Waals surface area (Å²) in [5, 5.41) is -1.27. The molecule has 1 unspecified atom stereocenters. The number of carbonyl (C=O) groups excluding carboxylic acids is 2. The molecular formula is C15H20O5S. The Hall–Kier alpha value is -1.69. The van der Waals surface area contributed by atoms with Crippen LogP contribution in [0.2, 0.25) is 0 Å². The van der Waals surface area contributed by atoms with Gasteiger partial charge in [0.2, 0.25) is 0 Å². The van der Waals surface area contributed by atoms with E-state index in [9.17, 15) is 18.0 Å². The molecule has 0 fully saturated rings. The Morgan fingerprint density at radius 1 is 1.14 bits per heavy atom. The van der Waals surface area contributed by atoms with E-state index in [-0.39, 0.29) is 17.3 Å². The number of sulfone groups is 1. The van der Waals surface area contributed by atoms with Gasteiger partial charge in [-0.05, 0) is 25.5 Å². The van der Waals surface area contributed by atoms with E-state index in [1.165, 1.54) is 31.2 Å². The third kappa shape index (κ3) is 4.14. The monoisotopic (exact) mass is 312 g/mol. The highest BCUT2D eigenvalue weighted by Crippen LogP contribution is 2.18. The number of hydrogen-bond acceptors (Lipinski definition) is 5. The molecule has 0 aliphatic rings. The minimum atomic E-state index is -3.80. The molecule has 0 aromatic heterocycles. The van der Waals surface area contributed by atoms with Crippen LogP contribution in [0.1, 0.15) is 44.0 Å². The number of benzene rings is 1. The molecule has 6 heteroatoms. The average Bonchev–Trinajstić information content (AvgIpc) is 2.50. The van der Waals surface area contributed by atoms with Crippen LogP contribution in [0.25, 0.3) is 0 Å². The highest BCUT2D eigenvalue weighted by atomic mass is 32.2. The van der Waals surface area contributed by atoms with Crippen molar-refractivity contribution in [2.24, 2.45) is 0 Å². The van der Waals surface area contributed by atoms with Gasteiger partial charge in [-0.2, -0.15) is 0 Å². The predicted molar refractivity (Wildman–Crippen MR) is 79.0 cm³/mol. The minimum Gasteiger partial charge on any atom is -0.465 e. The van der Waals surface area contributed by atoms with E-state index in [1.54, 1.807) is 6.92 Å². The van der Waals surface area contributed by atoms with Crippen LogP contribution in [0.15, 0.2) is 29.2 Å². The quantitative estimate of drug-likeness (QED) is 0.570. The van der Waals surface area contributed by atoms with Crippen molar-refractivity contribution >= 4 is 21.6 Å². The first-order valence-corrected chi connectivity index (χ1v) is 8.43. The maximum Gasteiger partial charge on any atom is 0.324 e. The van der Waals surface area contributed by atoms with E-state index in [0.29, 0.717) is 18.4 Å². The first-order chi connectivity index (χ1) is 9.84. The SMILES string of the molecule is CCCOC(=O)C(C)S(=O)(=O)c1ccc(C(=O)CC)cc1. The van der Waals surface area contributed by atoms with Crippen molar-refractivity contribution in [3.05, 3.63) is 29.8 Å². The third-order valence-corrected chi connectivity index (χ3v) is 5.12. The van der Waals surface area contributed by atoms with Crippen LogP contribution in [0.5, 0.6) is 0 Å². The maximum atomic E-state index is 12.3. The highest BCUT2D eigenvalue weighted by molar-refractivity contribution is 7.92. The summed E-state index contributed by atoms with van der Waals surface area (Å²) in [6.07, 6.45) is 0.984. The Morgan fingerprint density at radius 3 is 2.19 bits per heavy atom. The third-order valence-electron chi connectivity index (χ3n) is 3.07. The van der Waals surface area contributed by atoms with E-state index in [2.05, 4.69) is 0 Å². The first kappa shape index (κ1) is 17.4. The zero-order valence-electron chi connectivity index (χ0n) is 12.5. The van der Waals surface area contributed by atoms with Gasteiger partial charge in [-0.25, -0.2) is 8.42 Å². The van der Waals surface area contributed by atoms with Crippen LogP contribution in [-0.2, 0) is 19.4 Å². The minimum absolute atomic E-state index is 0.0103. The Morgan fingerprint density at radius 2 is 1.71 bits per heavy atom. The number of carbonyl (C=O) groups is 2. The molecule has 1 aromatic carbocycles. The second kappa shape index (κ2) is 7.36. The second-order valence-corrected chi connectivity index (χ2v) is 6.92. The molecule has 0 aliphatic heterocycles. The molecule has 116 valence electrons. The zero-order chi connectivity index (χ0) is 16.0. The summed E-state index contributed by atoms with van der Waals surface area (Å²) >= 11 is 0. The van der Waals surface area contributed by atoms with E-state index in [0.717, 1.165) is 0 Å². The van der Waals surface area contributed by atoms with E-state index >= 15 is 0 Å². The molecule has 1 aromatic rings. The largest absolute Gasteiger partial charge is 0.465 e. The molecule has 1 atom stereocenters. The topological polar surface area (TPSA) is 77.5 Å². The first-order valence-electron chi connectivity index (χ1n) is 6.88. The fourth-order valence-corrected chi connectivity index (χ4v) is 2.93. The van der Waals surface area contributed by atoms with E-state index < -0.39 is 21.1 Å². The van der Waals surface area contributed by atoms with Crippen LogP contribution in [-0.4, -0.2) is 32.0 Å². The smallest absolute Gasteiger partial charge is 0.324 e. The lowest BCUT2D eigenvalue weighted by Crippen LogP contribution is -2.29. The lowest BCUT2D eigenvalue weighted by molar-refractivity contribution is -0.142. The fraction of sp³-hybridized carbons (Fsp3) is 0.467. The van der Waals surface area contributed by atoms with Gasteiger partial charge in [-0.1, -0.05) is 26.0 Å². The second-order valence-electron chi connectivity index (χ2n) is 4.66. The average molecular weight is 312 g/mol. The molecule has 0 radical (unpaired) electrons. The van der Waals surface area contributed by atoms with Crippen molar-refractivity contribution in [1.82, 2.24) is 0 Å². The standard InChI is InChI=1S/C15H20O5S/c1-4-10-20-15(17)11(3)21(18,19)13-8-6-12(7-9-13)14(16)5-2/h6-9,11H,4-5,10H2,1-3H3. The number of ether oxygens (including phenoxy) is 1. The summed E-state index contributed by atoms with van der Waals surface area (Å²) in [6.45, 7) is 5.07. The van der Waals surface area contributed by atoms with Crippen molar-refractivity contribution in [3.63, 3.8) is 0 Å². The highest BCUT2D eigenvalue weighted by Gasteiger charge is 2.31. The van der Waals surface area contributed by atoms with Gasteiger partial charge in [0.15, 0.2) is 20.9 Å². The molecule has 0 bridgehead atoms. The molecular weight excluding hydrogens is 292 g/mol. The Kier molecular flexibility index (Phi) is 6.08. The van der Waals surface area contributed by atoms with Crippen molar-refractivity contribution in [3.8, 4) is 0 Å². The Bertz CT molecular complexity index is 601. The number of esters is 1. The van der Waals surface area contributed by atoms with Gasteiger partial charge in [0.1, 0.15) is 0 Å². The van der Waals surface area contributed by atoms with E-state index in [4.69, 9.17) is 4.74 Å². The molecule has 0 spiro atoms. The summed E-state index contributed by atoms with van der Waals surface area (Å²) in [6, 6.07) is 5.62.